The Morgan fingerprint density at radius 1 is 0.974 bits per heavy atom. The third-order valence-electron chi connectivity index (χ3n) is 8.96. The van der Waals surface area contributed by atoms with E-state index in [1.54, 1.807) is 4.90 Å². The molecule has 2 aromatic rings. The number of nitrogens with zero attached hydrogens (tertiary/aromatic N) is 2. The number of hydrogen-bond acceptors (Lipinski definition) is 5. The summed E-state index contributed by atoms with van der Waals surface area (Å²) in [6, 6.07) is 20.1. The Morgan fingerprint density at radius 2 is 1.53 bits per heavy atom. The number of esters is 1. The van der Waals surface area contributed by atoms with E-state index in [0.29, 0.717) is 12.5 Å². The Labute approximate surface area is 226 Å². The molecule has 6 rings (SSSR count). The van der Waals surface area contributed by atoms with Crippen LogP contribution in [-0.4, -0.2) is 62.2 Å². The molecule has 4 fully saturated rings. The van der Waals surface area contributed by atoms with Gasteiger partial charge in [-0.05, 0) is 30.5 Å². The Hall–Kier alpha value is -3.19. The van der Waals surface area contributed by atoms with Crippen LogP contribution in [-0.2, 0) is 24.5 Å². The highest BCUT2D eigenvalue weighted by Crippen LogP contribution is 2.42. The molecule has 38 heavy (non-hydrogen) atoms. The van der Waals surface area contributed by atoms with Crippen molar-refractivity contribution in [3.8, 4) is 0 Å². The van der Waals surface area contributed by atoms with E-state index in [1.165, 1.54) is 12.8 Å². The first-order valence-corrected chi connectivity index (χ1v) is 13.9. The van der Waals surface area contributed by atoms with Crippen LogP contribution in [0.1, 0.15) is 56.9 Å². The van der Waals surface area contributed by atoms with Crippen LogP contribution in [0.4, 0.5) is 5.69 Å². The summed E-state index contributed by atoms with van der Waals surface area (Å²) < 4.78 is 7.19. The molecule has 7 heteroatoms. The molecule has 4 aliphatic rings. The second-order valence-electron chi connectivity index (χ2n) is 11.2. The molecule has 0 aromatic heterocycles. The molecule has 0 spiro atoms. The summed E-state index contributed by atoms with van der Waals surface area (Å²) in [4.78, 5) is 37.2. The van der Waals surface area contributed by atoms with Gasteiger partial charge in [-0.2, -0.15) is 0 Å². The summed E-state index contributed by atoms with van der Waals surface area (Å²) in [5.74, 6) is 0.515. The average molecular weight is 521 g/mol. The van der Waals surface area contributed by atoms with Crippen molar-refractivity contribution in [3.63, 3.8) is 0 Å². The highest BCUT2D eigenvalue weighted by molar-refractivity contribution is 5.93. The van der Waals surface area contributed by atoms with Crippen LogP contribution in [0, 0.1) is 5.92 Å². The van der Waals surface area contributed by atoms with Crippen LogP contribution in [0.25, 0.3) is 0 Å². The van der Waals surface area contributed by atoms with Gasteiger partial charge in [0.05, 0.1) is 18.5 Å². The zero-order valence-corrected chi connectivity index (χ0v) is 22.4. The van der Waals surface area contributed by atoms with E-state index in [1.807, 2.05) is 55.6 Å². The lowest BCUT2D eigenvalue weighted by Crippen LogP contribution is -2.67. The van der Waals surface area contributed by atoms with Gasteiger partial charge in [-0.3, -0.25) is 9.59 Å². The van der Waals surface area contributed by atoms with Gasteiger partial charge in [0.25, 0.3) is 5.91 Å². The molecule has 1 saturated carbocycles. The minimum absolute atomic E-state index is 0.0322. The third kappa shape index (κ3) is 6.09. The standard InChI is InChI=1S/C30H39N2O3.CH2O2/c1-31(26-14-8-5-9-15-26)28(33)23-32-20-16-24(17-21-32)27(22-32)35-29(34)30(18-10-2-3-11-19-30)25-12-6-4-7-13-25;2-1-3/h4-9,12-15,24,27H,2-3,10-11,16-23H2,1H3;1H,(H,2,3)/q+1;/p-1/t24?,27-,32?;/m0./s1. The van der Waals surface area contributed by atoms with Gasteiger partial charge in [0.1, 0.15) is 6.54 Å². The van der Waals surface area contributed by atoms with E-state index >= 15 is 0 Å². The normalized spacial score (nSPS) is 25.7. The highest BCUT2D eigenvalue weighted by Gasteiger charge is 2.51. The SMILES string of the molecule is CN(C(=O)C[N+]12CCC(CC1)[C@@H](OC(=O)C1(c3ccccc3)CCCCCC1)C2)c1ccccc1.O=C[O-]. The predicted molar refractivity (Wildman–Crippen MR) is 144 cm³/mol. The number of anilines is 1. The van der Waals surface area contributed by atoms with Crippen molar-refractivity contribution in [2.24, 2.45) is 5.92 Å². The smallest absolute Gasteiger partial charge is 0.317 e. The zero-order valence-electron chi connectivity index (χ0n) is 22.4. The lowest BCUT2D eigenvalue weighted by Gasteiger charge is -2.52. The maximum absolute atomic E-state index is 13.9. The fraction of sp³-hybridized carbons (Fsp3) is 0.516. The van der Waals surface area contributed by atoms with Gasteiger partial charge < -0.3 is 24.0 Å². The van der Waals surface area contributed by atoms with Crippen molar-refractivity contribution in [1.82, 2.24) is 0 Å². The summed E-state index contributed by atoms with van der Waals surface area (Å²) >= 11 is 0. The number of piperidine rings is 3. The highest BCUT2D eigenvalue weighted by atomic mass is 16.5. The quantitative estimate of drug-likeness (QED) is 0.252. The molecular weight excluding hydrogens is 480 g/mol. The van der Waals surface area contributed by atoms with Gasteiger partial charge in [-0.25, -0.2) is 0 Å². The van der Waals surface area contributed by atoms with Crippen molar-refractivity contribution in [3.05, 3.63) is 66.2 Å². The van der Waals surface area contributed by atoms with Crippen LogP contribution in [0.5, 0.6) is 0 Å². The Balaban J connectivity index is 0.00000107. The monoisotopic (exact) mass is 520 g/mol. The Bertz CT molecular complexity index is 1060. The maximum atomic E-state index is 13.9. The zero-order chi connectivity index (χ0) is 27.0. The lowest BCUT2D eigenvalue weighted by atomic mass is 9.74. The minimum atomic E-state index is -0.530. The number of quaternary nitrogens is 1. The summed E-state index contributed by atoms with van der Waals surface area (Å²) in [5, 5.41) is 8.25. The first kappa shape index (κ1) is 27.8. The molecular formula is C31H40N2O5. The van der Waals surface area contributed by atoms with E-state index in [9.17, 15) is 9.59 Å². The molecule has 1 amide bonds. The number of carbonyl (C=O) groups is 3. The molecule has 1 atom stereocenters. The molecule has 2 bridgehead atoms. The Morgan fingerprint density at radius 3 is 2.11 bits per heavy atom. The van der Waals surface area contributed by atoms with Crippen molar-refractivity contribution in [1.29, 1.82) is 0 Å². The van der Waals surface area contributed by atoms with Gasteiger partial charge in [0, 0.05) is 38.0 Å². The van der Waals surface area contributed by atoms with Crippen LogP contribution in [0.3, 0.4) is 0 Å². The maximum Gasteiger partial charge on any atom is 0.317 e. The van der Waals surface area contributed by atoms with E-state index < -0.39 is 11.9 Å². The number of carbonyl (C=O) groups excluding carboxylic acids is 3. The number of fused-ring (bicyclic) bond motifs is 3. The second kappa shape index (κ2) is 12.6. The summed E-state index contributed by atoms with van der Waals surface area (Å²) in [5.41, 5.74) is 1.50. The molecule has 204 valence electrons. The molecule has 3 saturated heterocycles. The number of hydrogen-bond donors (Lipinski definition) is 0. The molecule has 3 heterocycles. The van der Waals surface area contributed by atoms with Crippen LogP contribution in [0.15, 0.2) is 60.7 Å². The lowest BCUT2D eigenvalue weighted by molar-refractivity contribution is -0.939. The fourth-order valence-corrected chi connectivity index (χ4v) is 6.72. The number of likely N-dealkylation sites (N-methyl/N-ethyl adjacent to an activating group) is 1. The van der Waals surface area contributed by atoms with E-state index in [2.05, 4.69) is 12.1 Å². The number of amides is 1. The molecule has 1 aliphatic carbocycles. The summed E-state index contributed by atoms with van der Waals surface area (Å²) in [6.07, 6.45) is 8.20. The van der Waals surface area contributed by atoms with Crippen LogP contribution < -0.4 is 10.0 Å². The van der Waals surface area contributed by atoms with Gasteiger partial charge in [0.15, 0.2) is 12.6 Å². The fourth-order valence-electron chi connectivity index (χ4n) is 6.72. The van der Waals surface area contributed by atoms with Gasteiger partial charge >= 0.3 is 5.97 Å². The largest absolute Gasteiger partial charge is 0.554 e. The van der Waals surface area contributed by atoms with E-state index in [-0.39, 0.29) is 18.0 Å². The third-order valence-corrected chi connectivity index (χ3v) is 8.96. The number of ether oxygens (including phenoxy) is 1. The van der Waals surface area contributed by atoms with Gasteiger partial charge in [0.2, 0.25) is 0 Å². The summed E-state index contributed by atoms with van der Waals surface area (Å²) in [7, 11) is 1.86. The number of benzene rings is 2. The average Bonchev–Trinajstić information content (AvgIpc) is 3.22. The summed E-state index contributed by atoms with van der Waals surface area (Å²) in [6.45, 7) is 2.72. The van der Waals surface area contributed by atoms with E-state index in [0.717, 1.165) is 73.9 Å². The predicted octanol–water partition coefficient (Wildman–Crippen LogP) is 3.46. The first-order chi connectivity index (χ1) is 18.4. The number of rotatable bonds is 6. The first-order valence-electron chi connectivity index (χ1n) is 13.9. The van der Waals surface area contributed by atoms with Crippen LogP contribution in [0.2, 0.25) is 0 Å². The molecule has 0 unspecified atom stereocenters. The van der Waals surface area contributed by atoms with Crippen molar-refractivity contribution < 1.29 is 28.7 Å². The van der Waals surface area contributed by atoms with Crippen LogP contribution >= 0.6 is 0 Å². The number of carboxylic acid groups (broad SMARTS) is 1. The topological polar surface area (TPSA) is 86.7 Å². The minimum Gasteiger partial charge on any atom is -0.554 e. The molecule has 0 radical (unpaired) electrons. The molecule has 3 aliphatic heterocycles. The second-order valence-corrected chi connectivity index (χ2v) is 11.2. The van der Waals surface area contributed by atoms with Crippen molar-refractivity contribution >= 4 is 24.0 Å². The molecule has 7 nitrogen and oxygen atoms in total. The molecule has 0 N–H and O–H groups in total. The van der Waals surface area contributed by atoms with E-state index in [4.69, 9.17) is 14.6 Å². The van der Waals surface area contributed by atoms with Crippen molar-refractivity contribution in [2.75, 3.05) is 38.1 Å². The molecule has 2 aromatic carbocycles. The van der Waals surface area contributed by atoms with Gasteiger partial charge in [-0.15, -0.1) is 0 Å². The Kier molecular flexibility index (Phi) is 9.21. The van der Waals surface area contributed by atoms with Crippen molar-refractivity contribution in [2.45, 2.75) is 62.9 Å². The number of para-hydroxylation sites is 1. The van der Waals surface area contributed by atoms with Gasteiger partial charge in [-0.1, -0.05) is 74.2 Å².